The normalized spacial score (nSPS) is 11.9. The molecule has 2 aliphatic rings. The second-order valence-electron chi connectivity index (χ2n) is 25.7. The monoisotopic (exact) mass is 1380 g/mol. The van der Waals surface area contributed by atoms with Gasteiger partial charge in [-0.15, -0.1) is 0 Å². The van der Waals surface area contributed by atoms with Crippen molar-refractivity contribution in [2.45, 2.75) is 5.41 Å². The summed E-state index contributed by atoms with van der Waals surface area (Å²) in [7, 11) is 13.6. The van der Waals surface area contributed by atoms with Crippen molar-refractivity contribution in [2.24, 2.45) is 0 Å². The molecule has 2 aliphatic carbocycles. The third kappa shape index (κ3) is 11.9. The van der Waals surface area contributed by atoms with E-state index >= 15 is 0 Å². The SMILES string of the molecule is COc1ccc(N(c2ccc(OC)cc2)c2cc(-c3cccc4c3-c3ccccc3C43c4ccccc4-c4c(-c5cc(N(c6ccc(OC)cc6)c6ccc(OC)cc6)cc(N(c6ccc(OC)cc6)c6ccc(OC)cc6)c5)cccc43)cc(N(c3ccc(OC)cc3)c3ccc(OC)cc3)c2)cc1. The Labute approximate surface area is 612 Å². The van der Waals surface area contributed by atoms with Gasteiger partial charge in [-0.3, -0.25) is 0 Å². The minimum absolute atomic E-state index is 0.753. The summed E-state index contributed by atoms with van der Waals surface area (Å²) in [6.07, 6.45) is 0. The highest BCUT2D eigenvalue weighted by Gasteiger charge is 2.53. The largest absolute Gasteiger partial charge is 0.497 e. The quantitative estimate of drug-likeness (QED) is 0.0648. The second-order valence-corrected chi connectivity index (χ2v) is 25.7. The summed E-state index contributed by atoms with van der Waals surface area (Å²) >= 11 is 0. The van der Waals surface area contributed by atoms with Crippen molar-refractivity contribution in [3.8, 4) is 90.5 Å². The Bertz CT molecular complexity index is 4690. The van der Waals surface area contributed by atoms with Crippen molar-refractivity contribution in [3.63, 3.8) is 0 Å². The molecule has 105 heavy (non-hydrogen) atoms. The molecular weight excluding hydrogens is 1300 g/mol. The van der Waals surface area contributed by atoms with E-state index in [0.29, 0.717) is 0 Å². The first kappa shape index (κ1) is 66.2. The van der Waals surface area contributed by atoms with Crippen molar-refractivity contribution in [3.05, 3.63) is 338 Å². The molecule has 12 heteroatoms. The molecule has 0 heterocycles. The van der Waals surface area contributed by atoms with Gasteiger partial charge in [-0.25, -0.2) is 0 Å². The zero-order chi connectivity index (χ0) is 71.7. The van der Waals surface area contributed by atoms with Crippen LogP contribution in [0.5, 0.6) is 46.0 Å². The molecule has 0 radical (unpaired) electrons. The average Bonchev–Trinajstić information content (AvgIpc) is 1.50. The average molecular weight is 1380 g/mol. The van der Waals surface area contributed by atoms with E-state index in [4.69, 9.17) is 37.9 Å². The molecule has 0 saturated heterocycles. The van der Waals surface area contributed by atoms with E-state index in [2.05, 4.69) is 238 Å². The maximum absolute atomic E-state index is 5.77. The van der Waals surface area contributed by atoms with E-state index in [1.165, 1.54) is 22.3 Å². The first-order valence-corrected chi connectivity index (χ1v) is 34.8. The first-order chi connectivity index (χ1) is 51.6. The Morgan fingerprint density at radius 3 is 0.581 bits per heavy atom. The highest BCUT2D eigenvalue weighted by atomic mass is 16.5. The number of fused-ring (bicyclic) bond motifs is 10. The summed E-state index contributed by atoms with van der Waals surface area (Å²) in [6.45, 7) is 0. The Balaban J connectivity index is 0.948. The van der Waals surface area contributed by atoms with Crippen molar-refractivity contribution in [2.75, 3.05) is 76.5 Å². The minimum Gasteiger partial charge on any atom is -0.497 e. The second kappa shape index (κ2) is 28.2. The predicted octanol–water partition coefficient (Wildman–Crippen LogP) is 23.3. The van der Waals surface area contributed by atoms with Gasteiger partial charge in [0.1, 0.15) is 46.0 Å². The molecule has 14 aromatic carbocycles. The van der Waals surface area contributed by atoms with Gasteiger partial charge in [0.05, 0.1) is 62.3 Å². The molecule has 0 saturated carbocycles. The molecule has 0 atom stereocenters. The molecule has 0 bridgehead atoms. The predicted molar refractivity (Wildman–Crippen MR) is 425 cm³/mol. The fraction of sp³-hybridized carbons (Fsp3) is 0.0968. The van der Waals surface area contributed by atoms with E-state index in [-0.39, 0.29) is 0 Å². The molecule has 16 rings (SSSR count). The Kier molecular flexibility index (Phi) is 17.8. The van der Waals surface area contributed by atoms with Crippen LogP contribution in [0.15, 0.2) is 315 Å². The Morgan fingerprint density at radius 2 is 0.371 bits per heavy atom. The highest BCUT2D eigenvalue weighted by Crippen LogP contribution is 2.66. The van der Waals surface area contributed by atoms with Gasteiger partial charge in [0.25, 0.3) is 0 Å². The van der Waals surface area contributed by atoms with Gasteiger partial charge in [-0.1, -0.05) is 84.9 Å². The van der Waals surface area contributed by atoms with E-state index in [9.17, 15) is 0 Å². The lowest BCUT2D eigenvalue weighted by Crippen LogP contribution is -2.25. The fourth-order valence-corrected chi connectivity index (χ4v) is 15.4. The molecular formula is C93H76N4O8. The number of nitrogens with zero attached hydrogens (tertiary/aromatic N) is 4. The number of ether oxygens (including phenoxy) is 8. The summed E-state index contributed by atoms with van der Waals surface area (Å²) in [4.78, 5) is 9.21. The smallest absolute Gasteiger partial charge is 0.119 e. The van der Waals surface area contributed by atoms with Gasteiger partial charge in [-0.05, 0) is 297 Å². The van der Waals surface area contributed by atoms with Crippen LogP contribution in [-0.4, -0.2) is 56.9 Å². The molecule has 0 aromatic heterocycles. The van der Waals surface area contributed by atoms with Crippen LogP contribution in [0.25, 0.3) is 44.5 Å². The summed E-state index contributed by atoms with van der Waals surface area (Å²) < 4.78 is 46.1. The number of benzene rings is 14. The molecule has 0 unspecified atom stereocenters. The van der Waals surface area contributed by atoms with Crippen LogP contribution >= 0.6 is 0 Å². The zero-order valence-electron chi connectivity index (χ0n) is 59.6. The first-order valence-electron chi connectivity index (χ1n) is 34.8. The van der Waals surface area contributed by atoms with Crippen LogP contribution < -0.4 is 57.5 Å². The van der Waals surface area contributed by atoms with E-state index in [1.54, 1.807) is 56.9 Å². The van der Waals surface area contributed by atoms with Gasteiger partial charge >= 0.3 is 0 Å². The van der Waals surface area contributed by atoms with Crippen LogP contribution in [0, 0.1) is 0 Å². The standard InChI is InChI=1S/C93H76N4O8/c1-98-75-39-23-63(24-40-75)94(64-25-41-76(99-2)42-26-64)71-55-61(56-72(59-71)95(65-27-43-77(100-3)44-28-65)66-29-45-78(101-4)46-30-66)83-17-13-21-89-91(83)85-15-9-11-19-87(85)93(89)88-20-12-10-16-86(88)92-84(18-14-22-90(92)93)62-57-73(96(67-31-47-79(102-5)48-32-67)68-33-49-80(103-6)50-34-68)60-74(58-62)97(69-35-51-81(104-7)52-36-69)70-37-53-82(105-8)54-38-70/h9-60H,1-8H3. The van der Waals surface area contributed by atoms with Crippen molar-refractivity contribution >= 4 is 68.2 Å². The summed E-state index contributed by atoms with van der Waals surface area (Å²) in [5, 5.41) is 0. The molecule has 1 spiro atoms. The Hall–Kier alpha value is -13.3. The van der Waals surface area contributed by atoms with Gasteiger partial charge < -0.3 is 57.5 Å². The van der Waals surface area contributed by atoms with E-state index in [0.717, 1.165) is 159 Å². The summed E-state index contributed by atoms with van der Waals surface area (Å²) in [5.41, 5.74) is 23.9. The number of anilines is 12. The van der Waals surface area contributed by atoms with Crippen LogP contribution in [-0.2, 0) is 5.41 Å². The van der Waals surface area contributed by atoms with Crippen LogP contribution in [0.3, 0.4) is 0 Å². The maximum atomic E-state index is 5.77. The van der Waals surface area contributed by atoms with Crippen LogP contribution in [0.2, 0.25) is 0 Å². The van der Waals surface area contributed by atoms with Crippen LogP contribution in [0.1, 0.15) is 22.3 Å². The maximum Gasteiger partial charge on any atom is 0.119 e. The lowest BCUT2D eigenvalue weighted by atomic mass is 9.70. The lowest BCUT2D eigenvalue weighted by molar-refractivity contribution is 0.414. The lowest BCUT2D eigenvalue weighted by Gasteiger charge is -2.32. The topological polar surface area (TPSA) is 86.8 Å². The van der Waals surface area contributed by atoms with E-state index < -0.39 is 5.41 Å². The molecule has 14 aromatic rings. The van der Waals surface area contributed by atoms with Gasteiger partial charge in [0, 0.05) is 68.2 Å². The number of methoxy groups -OCH3 is 8. The molecule has 12 nitrogen and oxygen atoms in total. The molecule has 516 valence electrons. The number of hydrogen-bond acceptors (Lipinski definition) is 12. The number of hydrogen-bond donors (Lipinski definition) is 0. The summed E-state index contributed by atoms with van der Waals surface area (Å²) in [5.74, 6) is 6.02. The molecule has 0 amide bonds. The summed E-state index contributed by atoms with van der Waals surface area (Å²) in [6, 6.07) is 112. The van der Waals surface area contributed by atoms with Crippen LogP contribution in [0.4, 0.5) is 68.2 Å². The minimum atomic E-state index is -0.780. The van der Waals surface area contributed by atoms with Crippen molar-refractivity contribution < 1.29 is 37.9 Å². The molecule has 0 fully saturated rings. The molecule has 0 N–H and O–H groups in total. The van der Waals surface area contributed by atoms with Crippen molar-refractivity contribution in [1.82, 2.24) is 0 Å². The third-order valence-electron chi connectivity index (χ3n) is 20.2. The number of rotatable bonds is 22. The Morgan fingerprint density at radius 1 is 0.181 bits per heavy atom. The van der Waals surface area contributed by atoms with Gasteiger partial charge in [0.2, 0.25) is 0 Å². The van der Waals surface area contributed by atoms with Crippen molar-refractivity contribution in [1.29, 1.82) is 0 Å². The van der Waals surface area contributed by atoms with Gasteiger partial charge in [-0.2, -0.15) is 0 Å². The van der Waals surface area contributed by atoms with E-state index in [1.807, 2.05) is 97.1 Å². The molecule has 0 aliphatic heterocycles. The highest BCUT2D eigenvalue weighted by molar-refractivity contribution is 6.04. The third-order valence-corrected chi connectivity index (χ3v) is 20.2. The fourth-order valence-electron chi connectivity index (χ4n) is 15.4. The zero-order valence-corrected chi connectivity index (χ0v) is 59.6. The van der Waals surface area contributed by atoms with Gasteiger partial charge in [0.15, 0.2) is 0 Å².